The highest BCUT2D eigenvalue weighted by atomic mass is 32.2. The maximum absolute atomic E-state index is 12.5. The van der Waals surface area contributed by atoms with E-state index in [4.69, 9.17) is 0 Å². The maximum atomic E-state index is 12.5. The summed E-state index contributed by atoms with van der Waals surface area (Å²) in [7, 11) is -3.72. The van der Waals surface area contributed by atoms with Gasteiger partial charge in [-0.05, 0) is 50.2 Å². The van der Waals surface area contributed by atoms with Crippen LogP contribution in [-0.2, 0) is 16.6 Å². The van der Waals surface area contributed by atoms with Crippen LogP contribution in [0.4, 0.5) is 5.69 Å². The molecule has 7 nitrogen and oxygen atoms in total. The van der Waals surface area contributed by atoms with Crippen LogP contribution >= 0.6 is 0 Å². The third kappa shape index (κ3) is 4.98. The van der Waals surface area contributed by atoms with Gasteiger partial charge >= 0.3 is 0 Å². The van der Waals surface area contributed by atoms with Gasteiger partial charge in [-0.25, -0.2) is 13.4 Å². The zero-order chi connectivity index (χ0) is 20.1. The molecule has 1 unspecified atom stereocenters. The Balaban J connectivity index is 1.64. The SMILES string of the molecule is Cc1ccc(NS(=O)(=O)c2ccc(C(=O)NC(C)Cn3ccnc3)cc2)cc1. The third-order valence-electron chi connectivity index (χ3n) is 4.15. The normalized spacial score (nSPS) is 12.4. The standard InChI is InChI=1S/C20H22N4O3S/c1-15-3-7-18(8-4-15)23-28(26,27)19-9-5-17(6-10-19)20(25)22-16(2)13-24-12-11-21-14-24/h3-12,14,16,23H,13H2,1-2H3,(H,22,25). The molecule has 3 rings (SSSR count). The molecular formula is C20H22N4O3S. The number of aryl methyl sites for hydroxylation is 1. The van der Waals surface area contributed by atoms with Gasteiger partial charge in [0.05, 0.1) is 11.2 Å². The van der Waals surface area contributed by atoms with Crippen molar-refractivity contribution in [2.45, 2.75) is 31.3 Å². The van der Waals surface area contributed by atoms with Crippen LogP contribution in [0.2, 0.25) is 0 Å². The summed E-state index contributed by atoms with van der Waals surface area (Å²) >= 11 is 0. The van der Waals surface area contributed by atoms with Gasteiger partial charge in [-0.3, -0.25) is 9.52 Å². The summed E-state index contributed by atoms with van der Waals surface area (Å²) in [5.74, 6) is -0.261. The zero-order valence-corrected chi connectivity index (χ0v) is 16.5. The fraction of sp³-hybridized carbons (Fsp3) is 0.200. The lowest BCUT2D eigenvalue weighted by atomic mass is 10.2. The second-order valence-corrected chi connectivity index (χ2v) is 8.31. The first-order valence-electron chi connectivity index (χ1n) is 8.80. The molecule has 28 heavy (non-hydrogen) atoms. The molecule has 8 heteroatoms. The number of nitrogens with one attached hydrogen (secondary N) is 2. The number of anilines is 1. The Hall–Kier alpha value is -3.13. The Labute approximate surface area is 164 Å². The summed E-state index contributed by atoms with van der Waals surface area (Å²) in [6, 6.07) is 12.8. The van der Waals surface area contributed by atoms with E-state index in [9.17, 15) is 13.2 Å². The van der Waals surface area contributed by atoms with Crippen LogP contribution in [0.1, 0.15) is 22.8 Å². The van der Waals surface area contributed by atoms with Crippen molar-refractivity contribution >= 4 is 21.6 Å². The van der Waals surface area contributed by atoms with Crippen molar-refractivity contribution in [2.75, 3.05) is 4.72 Å². The Kier molecular flexibility index (Phi) is 5.79. The number of nitrogens with zero attached hydrogens (tertiary/aromatic N) is 2. The van der Waals surface area contributed by atoms with Gasteiger partial charge in [0.15, 0.2) is 0 Å². The average molecular weight is 398 g/mol. The summed E-state index contributed by atoms with van der Waals surface area (Å²) in [6.45, 7) is 4.42. The zero-order valence-electron chi connectivity index (χ0n) is 15.7. The van der Waals surface area contributed by atoms with Gasteiger partial charge in [0.25, 0.3) is 15.9 Å². The molecule has 0 aliphatic rings. The molecule has 146 valence electrons. The highest BCUT2D eigenvalue weighted by Crippen LogP contribution is 2.17. The van der Waals surface area contributed by atoms with Crippen LogP contribution in [-0.4, -0.2) is 29.9 Å². The maximum Gasteiger partial charge on any atom is 0.261 e. The molecule has 0 saturated carbocycles. The molecule has 2 N–H and O–H groups in total. The van der Waals surface area contributed by atoms with Crippen molar-refractivity contribution in [1.82, 2.24) is 14.9 Å². The summed E-state index contributed by atoms with van der Waals surface area (Å²) in [5.41, 5.74) is 1.92. The van der Waals surface area contributed by atoms with E-state index in [1.54, 1.807) is 24.7 Å². The monoisotopic (exact) mass is 398 g/mol. The first-order chi connectivity index (χ1) is 13.3. The first kappa shape index (κ1) is 19.6. The van der Waals surface area contributed by atoms with Crippen molar-refractivity contribution in [3.8, 4) is 0 Å². The number of hydrogen-bond acceptors (Lipinski definition) is 4. The molecule has 0 fully saturated rings. The van der Waals surface area contributed by atoms with Gasteiger partial charge in [-0.1, -0.05) is 17.7 Å². The summed E-state index contributed by atoms with van der Waals surface area (Å²) in [6.07, 6.45) is 5.19. The molecule has 1 heterocycles. The highest BCUT2D eigenvalue weighted by molar-refractivity contribution is 7.92. The third-order valence-corrected chi connectivity index (χ3v) is 5.55. The molecule has 0 saturated heterocycles. The van der Waals surface area contributed by atoms with Gasteiger partial charge in [-0.2, -0.15) is 0 Å². The molecule has 0 aliphatic heterocycles. The predicted octanol–water partition coefficient (Wildman–Crippen LogP) is 2.81. The predicted molar refractivity (Wildman–Crippen MR) is 108 cm³/mol. The first-order valence-corrected chi connectivity index (χ1v) is 10.3. The molecule has 3 aromatic rings. The number of aromatic nitrogens is 2. The van der Waals surface area contributed by atoms with Crippen LogP contribution in [0, 0.1) is 6.92 Å². The topological polar surface area (TPSA) is 93.1 Å². The Bertz CT molecular complexity index is 1030. The Morgan fingerprint density at radius 1 is 1.11 bits per heavy atom. The molecular weight excluding hydrogens is 376 g/mol. The van der Waals surface area contributed by atoms with Crippen molar-refractivity contribution < 1.29 is 13.2 Å². The second kappa shape index (κ2) is 8.26. The number of hydrogen-bond donors (Lipinski definition) is 2. The van der Waals surface area contributed by atoms with Gasteiger partial charge < -0.3 is 9.88 Å². The molecule has 0 spiro atoms. The fourth-order valence-electron chi connectivity index (χ4n) is 2.68. The van der Waals surface area contributed by atoms with Crippen molar-refractivity contribution in [2.24, 2.45) is 0 Å². The van der Waals surface area contributed by atoms with Crippen LogP contribution in [0.25, 0.3) is 0 Å². The van der Waals surface area contributed by atoms with Gasteiger partial charge in [0.1, 0.15) is 0 Å². The average Bonchev–Trinajstić information content (AvgIpc) is 3.16. The van der Waals surface area contributed by atoms with Gasteiger partial charge in [-0.15, -0.1) is 0 Å². The minimum Gasteiger partial charge on any atom is -0.348 e. The molecule has 0 bridgehead atoms. The Morgan fingerprint density at radius 2 is 1.79 bits per heavy atom. The minimum absolute atomic E-state index is 0.0936. The second-order valence-electron chi connectivity index (χ2n) is 6.63. The highest BCUT2D eigenvalue weighted by Gasteiger charge is 2.16. The molecule has 0 aliphatic carbocycles. The number of rotatable bonds is 7. The van der Waals surface area contributed by atoms with Crippen molar-refractivity contribution in [3.05, 3.63) is 78.4 Å². The molecule has 0 radical (unpaired) electrons. The van der Waals surface area contributed by atoms with E-state index in [1.165, 1.54) is 24.3 Å². The van der Waals surface area contributed by atoms with E-state index in [1.807, 2.05) is 36.7 Å². The van der Waals surface area contributed by atoms with E-state index in [0.717, 1.165) is 5.56 Å². The fourth-order valence-corrected chi connectivity index (χ4v) is 3.74. The number of sulfonamides is 1. The number of imidazole rings is 1. The number of benzene rings is 2. The smallest absolute Gasteiger partial charge is 0.261 e. The van der Waals surface area contributed by atoms with E-state index in [2.05, 4.69) is 15.0 Å². The number of amides is 1. The quantitative estimate of drug-likeness (QED) is 0.640. The van der Waals surface area contributed by atoms with Crippen molar-refractivity contribution in [3.63, 3.8) is 0 Å². The van der Waals surface area contributed by atoms with E-state index in [0.29, 0.717) is 17.8 Å². The molecule has 1 amide bonds. The largest absolute Gasteiger partial charge is 0.348 e. The van der Waals surface area contributed by atoms with Gasteiger partial charge in [0.2, 0.25) is 0 Å². The van der Waals surface area contributed by atoms with Crippen LogP contribution in [0.3, 0.4) is 0 Å². The van der Waals surface area contributed by atoms with Crippen LogP contribution < -0.4 is 10.0 Å². The van der Waals surface area contributed by atoms with Crippen LogP contribution in [0.15, 0.2) is 72.1 Å². The summed E-state index contributed by atoms with van der Waals surface area (Å²) in [5, 5.41) is 2.89. The lowest BCUT2D eigenvalue weighted by Gasteiger charge is -2.14. The summed E-state index contributed by atoms with van der Waals surface area (Å²) in [4.78, 5) is 16.4. The number of carbonyl (C=O) groups excluding carboxylic acids is 1. The molecule has 2 aromatic carbocycles. The van der Waals surface area contributed by atoms with E-state index < -0.39 is 10.0 Å². The summed E-state index contributed by atoms with van der Waals surface area (Å²) < 4.78 is 29.4. The number of carbonyl (C=O) groups is 1. The Morgan fingerprint density at radius 3 is 2.39 bits per heavy atom. The molecule has 1 aromatic heterocycles. The van der Waals surface area contributed by atoms with Gasteiger partial charge in [0, 0.05) is 36.2 Å². The van der Waals surface area contributed by atoms with E-state index >= 15 is 0 Å². The van der Waals surface area contributed by atoms with E-state index in [-0.39, 0.29) is 16.8 Å². The van der Waals surface area contributed by atoms with Crippen LogP contribution in [0.5, 0.6) is 0 Å². The van der Waals surface area contributed by atoms with Crippen molar-refractivity contribution in [1.29, 1.82) is 0 Å². The lowest BCUT2D eigenvalue weighted by Crippen LogP contribution is -2.35. The minimum atomic E-state index is -3.72. The lowest BCUT2D eigenvalue weighted by molar-refractivity contribution is 0.0936. The molecule has 1 atom stereocenters.